The summed E-state index contributed by atoms with van der Waals surface area (Å²) in [6.45, 7) is 0.334. The summed E-state index contributed by atoms with van der Waals surface area (Å²) in [5.74, 6) is 0.0954. The van der Waals surface area contributed by atoms with Gasteiger partial charge in [-0.05, 0) is 29.8 Å². The molecule has 0 fully saturated rings. The molecule has 2 rings (SSSR count). The van der Waals surface area contributed by atoms with Gasteiger partial charge in [-0.1, -0.05) is 18.2 Å². The van der Waals surface area contributed by atoms with Crippen LogP contribution in [-0.4, -0.2) is 24.5 Å². The molecule has 0 radical (unpaired) electrons. The average Bonchev–Trinajstić information content (AvgIpc) is 2.47. The molecule has 1 amide bonds. The molecule has 0 saturated heterocycles. The lowest BCUT2D eigenvalue weighted by atomic mass is 10.2. The smallest absolute Gasteiger partial charge is 0.260 e. The summed E-state index contributed by atoms with van der Waals surface area (Å²) in [5, 5.41) is 0. The van der Waals surface area contributed by atoms with Crippen LogP contribution in [-0.2, 0) is 11.3 Å². The van der Waals surface area contributed by atoms with Crippen molar-refractivity contribution >= 4 is 11.6 Å². The highest BCUT2D eigenvalue weighted by molar-refractivity contribution is 5.77. The highest BCUT2D eigenvalue weighted by Crippen LogP contribution is 2.14. The Labute approximate surface area is 122 Å². The lowest BCUT2D eigenvalue weighted by Crippen LogP contribution is -2.30. The van der Waals surface area contributed by atoms with Crippen molar-refractivity contribution in [3.05, 3.63) is 59.9 Å². The van der Waals surface area contributed by atoms with Crippen molar-refractivity contribution in [1.82, 2.24) is 4.90 Å². The van der Waals surface area contributed by atoms with Gasteiger partial charge in [0.05, 0.1) is 0 Å². The maximum atomic E-state index is 12.8. The molecule has 2 aromatic rings. The summed E-state index contributed by atoms with van der Waals surface area (Å²) >= 11 is 0. The molecule has 0 atom stereocenters. The summed E-state index contributed by atoms with van der Waals surface area (Å²) < 4.78 is 18.2. The predicted octanol–water partition coefficient (Wildman–Crippen LogP) is 2.45. The fourth-order valence-electron chi connectivity index (χ4n) is 1.81. The first-order valence-corrected chi connectivity index (χ1v) is 6.51. The lowest BCUT2D eigenvalue weighted by molar-refractivity contribution is -0.132. The minimum Gasteiger partial charge on any atom is -0.484 e. The van der Waals surface area contributed by atoms with Crippen molar-refractivity contribution in [2.75, 3.05) is 19.4 Å². The maximum Gasteiger partial charge on any atom is 0.260 e. The number of nitrogen functional groups attached to an aromatic ring is 1. The number of benzene rings is 2. The molecular weight excluding hydrogens is 271 g/mol. The van der Waals surface area contributed by atoms with Crippen molar-refractivity contribution in [1.29, 1.82) is 0 Å². The van der Waals surface area contributed by atoms with Crippen LogP contribution in [0.1, 0.15) is 5.56 Å². The second kappa shape index (κ2) is 6.74. The number of carbonyl (C=O) groups is 1. The highest BCUT2D eigenvalue weighted by Gasteiger charge is 2.10. The van der Waals surface area contributed by atoms with E-state index < -0.39 is 0 Å². The minimum atomic E-state index is -0.294. The summed E-state index contributed by atoms with van der Waals surface area (Å²) in [6.07, 6.45) is 0. The van der Waals surface area contributed by atoms with Crippen molar-refractivity contribution in [2.24, 2.45) is 0 Å². The first-order valence-electron chi connectivity index (χ1n) is 6.51. The van der Waals surface area contributed by atoms with E-state index in [4.69, 9.17) is 10.5 Å². The Morgan fingerprint density at radius 3 is 2.62 bits per heavy atom. The van der Waals surface area contributed by atoms with Gasteiger partial charge in [0.2, 0.25) is 0 Å². The molecule has 0 heterocycles. The van der Waals surface area contributed by atoms with Crippen LogP contribution in [0.4, 0.5) is 10.1 Å². The number of ether oxygens (including phenoxy) is 1. The molecule has 0 aromatic heterocycles. The maximum absolute atomic E-state index is 12.8. The summed E-state index contributed by atoms with van der Waals surface area (Å²) in [5.41, 5.74) is 7.07. The predicted molar refractivity (Wildman–Crippen MR) is 79.2 cm³/mol. The number of halogens is 1. The van der Waals surface area contributed by atoms with Gasteiger partial charge in [-0.25, -0.2) is 4.39 Å². The molecule has 0 unspecified atom stereocenters. The van der Waals surface area contributed by atoms with Gasteiger partial charge in [0.15, 0.2) is 6.61 Å². The second-order valence-electron chi connectivity index (χ2n) is 4.74. The van der Waals surface area contributed by atoms with E-state index in [0.29, 0.717) is 18.0 Å². The topological polar surface area (TPSA) is 55.6 Å². The van der Waals surface area contributed by atoms with E-state index in [9.17, 15) is 9.18 Å². The monoisotopic (exact) mass is 288 g/mol. The Bertz CT molecular complexity index is 614. The molecule has 5 heteroatoms. The number of nitrogens with two attached hydrogens (primary N) is 1. The molecule has 0 aliphatic heterocycles. The van der Waals surface area contributed by atoms with Gasteiger partial charge in [-0.3, -0.25) is 4.79 Å². The Morgan fingerprint density at radius 2 is 1.95 bits per heavy atom. The average molecular weight is 288 g/mol. The molecule has 2 aromatic carbocycles. The Balaban J connectivity index is 1.86. The van der Waals surface area contributed by atoms with Crippen molar-refractivity contribution in [3.63, 3.8) is 0 Å². The van der Waals surface area contributed by atoms with Crippen molar-refractivity contribution in [2.45, 2.75) is 6.54 Å². The Kier molecular flexibility index (Phi) is 4.77. The molecule has 0 bridgehead atoms. The number of rotatable bonds is 5. The van der Waals surface area contributed by atoms with E-state index in [1.807, 2.05) is 0 Å². The lowest BCUT2D eigenvalue weighted by Gasteiger charge is -2.17. The first-order chi connectivity index (χ1) is 10.0. The van der Waals surface area contributed by atoms with Gasteiger partial charge >= 0.3 is 0 Å². The van der Waals surface area contributed by atoms with E-state index in [-0.39, 0.29) is 18.3 Å². The van der Waals surface area contributed by atoms with Gasteiger partial charge in [-0.15, -0.1) is 0 Å². The van der Waals surface area contributed by atoms with Crippen LogP contribution in [0.25, 0.3) is 0 Å². The zero-order valence-corrected chi connectivity index (χ0v) is 11.8. The van der Waals surface area contributed by atoms with E-state index in [1.54, 1.807) is 43.4 Å². The number of hydrogen-bond acceptors (Lipinski definition) is 3. The first kappa shape index (κ1) is 14.8. The van der Waals surface area contributed by atoms with Gasteiger partial charge in [-0.2, -0.15) is 0 Å². The molecule has 4 nitrogen and oxygen atoms in total. The van der Waals surface area contributed by atoms with Crippen molar-refractivity contribution in [3.8, 4) is 5.75 Å². The molecule has 0 spiro atoms. The molecule has 0 saturated carbocycles. The number of hydrogen-bond donors (Lipinski definition) is 1. The Morgan fingerprint density at radius 1 is 1.24 bits per heavy atom. The zero-order valence-electron chi connectivity index (χ0n) is 11.8. The highest BCUT2D eigenvalue weighted by atomic mass is 19.1. The number of amides is 1. The van der Waals surface area contributed by atoms with Crippen LogP contribution in [0.5, 0.6) is 5.75 Å². The van der Waals surface area contributed by atoms with Gasteiger partial charge < -0.3 is 15.4 Å². The molecule has 0 aliphatic rings. The largest absolute Gasteiger partial charge is 0.484 e. The number of carbonyl (C=O) groups excluding carboxylic acids is 1. The summed E-state index contributed by atoms with van der Waals surface area (Å²) in [7, 11) is 1.68. The molecule has 21 heavy (non-hydrogen) atoms. The fourth-order valence-corrected chi connectivity index (χ4v) is 1.81. The molecule has 2 N–H and O–H groups in total. The SMILES string of the molecule is CN(Cc1ccc(F)cc1)C(=O)COc1cccc(N)c1. The molecule has 110 valence electrons. The van der Waals surface area contributed by atoms with Crippen molar-refractivity contribution < 1.29 is 13.9 Å². The van der Waals surface area contributed by atoms with Gasteiger partial charge in [0.1, 0.15) is 11.6 Å². The van der Waals surface area contributed by atoms with Crippen LogP contribution >= 0.6 is 0 Å². The van der Waals surface area contributed by atoms with Crippen LogP contribution in [0.2, 0.25) is 0 Å². The molecule has 0 aliphatic carbocycles. The van der Waals surface area contributed by atoms with E-state index >= 15 is 0 Å². The molecular formula is C16H17FN2O2. The third-order valence-corrected chi connectivity index (χ3v) is 2.98. The quantitative estimate of drug-likeness (QED) is 0.860. The standard InChI is InChI=1S/C16H17FN2O2/c1-19(10-12-5-7-13(17)8-6-12)16(20)11-21-15-4-2-3-14(18)9-15/h2-9H,10-11,18H2,1H3. The van der Waals surface area contributed by atoms with Gasteiger partial charge in [0.25, 0.3) is 5.91 Å². The zero-order chi connectivity index (χ0) is 15.2. The van der Waals surface area contributed by atoms with Crippen LogP contribution in [0.15, 0.2) is 48.5 Å². The minimum absolute atomic E-state index is 0.0683. The van der Waals surface area contributed by atoms with E-state index in [1.165, 1.54) is 17.0 Å². The van der Waals surface area contributed by atoms with E-state index in [0.717, 1.165) is 5.56 Å². The summed E-state index contributed by atoms with van der Waals surface area (Å²) in [6, 6.07) is 13.0. The third-order valence-electron chi connectivity index (χ3n) is 2.98. The Hall–Kier alpha value is -2.56. The van der Waals surface area contributed by atoms with Crippen LogP contribution in [0, 0.1) is 5.82 Å². The second-order valence-corrected chi connectivity index (χ2v) is 4.74. The van der Waals surface area contributed by atoms with E-state index in [2.05, 4.69) is 0 Å². The number of likely N-dealkylation sites (N-methyl/N-ethyl adjacent to an activating group) is 1. The van der Waals surface area contributed by atoms with Crippen LogP contribution in [0.3, 0.4) is 0 Å². The number of nitrogens with zero attached hydrogens (tertiary/aromatic N) is 1. The van der Waals surface area contributed by atoms with Gasteiger partial charge in [0, 0.05) is 25.3 Å². The number of anilines is 1. The van der Waals surface area contributed by atoms with Crippen LogP contribution < -0.4 is 10.5 Å². The summed E-state index contributed by atoms with van der Waals surface area (Å²) in [4.78, 5) is 13.5. The third kappa shape index (κ3) is 4.49. The normalized spacial score (nSPS) is 10.2. The fraction of sp³-hybridized carbons (Fsp3) is 0.188.